The van der Waals surface area contributed by atoms with Gasteiger partial charge in [-0.15, -0.1) is 0 Å². The number of halogens is 1. The molecule has 4 rings (SSSR count). The van der Waals surface area contributed by atoms with Crippen LogP contribution >= 0.6 is 0 Å². The Labute approximate surface area is 149 Å². The molecule has 0 atom stereocenters. The summed E-state index contributed by atoms with van der Waals surface area (Å²) in [6, 6.07) is 6.12. The Balaban J connectivity index is 1.47. The van der Waals surface area contributed by atoms with E-state index in [9.17, 15) is 9.18 Å². The van der Waals surface area contributed by atoms with Gasteiger partial charge in [0.05, 0.1) is 0 Å². The fourth-order valence-electron chi connectivity index (χ4n) is 3.19. The molecule has 3 aromatic rings. The van der Waals surface area contributed by atoms with Crippen molar-refractivity contribution in [2.24, 2.45) is 7.05 Å². The highest BCUT2D eigenvalue weighted by Crippen LogP contribution is 2.29. The lowest BCUT2D eigenvalue weighted by Gasteiger charge is -2.30. The third-order valence-electron chi connectivity index (χ3n) is 4.67. The number of nitrogens with zero attached hydrogens (tertiary/aromatic N) is 5. The first-order valence-corrected chi connectivity index (χ1v) is 8.48. The van der Waals surface area contributed by atoms with E-state index >= 15 is 0 Å². The third kappa shape index (κ3) is 3.10. The van der Waals surface area contributed by atoms with Crippen molar-refractivity contribution in [1.82, 2.24) is 19.7 Å². The minimum absolute atomic E-state index is 0.0999. The van der Waals surface area contributed by atoms with Gasteiger partial charge in [0.1, 0.15) is 5.82 Å². The van der Waals surface area contributed by atoms with E-state index in [4.69, 9.17) is 4.52 Å². The van der Waals surface area contributed by atoms with Crippen molar-refractivity contribution in [1.29, 1.82) is 0 Å². The summed E-state index contributed by atoms with van der Waals surface area (Å²) in [5, 5.41) is 3.97. The molecule has 0 saturated carbocycles. The average molecular weight is 355 g/mol. The van der Waals surface area contributed by atoms with E-state index in [1.807, 2.05) is 4.90 Å². The number of aromatic nitrogens is 4. The lowest BCUT2D eigenvalue weighted by atomic mass is 9.97. The maximum Gasteiger partial charge on any atom is 0.293 e. The van der Waals surface area contributed by atoms with Crippen molar-refractivity contribution in [2.75, 3.05) is 18.0 Å². The van der Waals surface area contributed by atoms with E-state index in [1.165, 1.54) is 16.7 Å². The van der Waals surface area contributed by atoms with Crippen LogP contribution in [0.25, 0.3) is 11.4 Å². The standard InChI is InChI=1S/C18H18FN5O2/c1-23-10-7-20-16(18(23)25)24-8-5-12(6-9-24)17-21-15(22-26-17)13-3-2-4-14(19)11-13/h2-4,7,10-12H,5-6,8-9H2,1H3. The molecule has 1 aromatic carbocycles. The van der Waals surface area contributed by atoms with Crippen LogP contribution in [0.3, 0.4) is 0 Å². The molecule has 3 heterocycles. The summed E-state index contributed by atoms with van der Waals surface area (Å²) in [5.41, 5.74) is 0.492. The third-order valence-corrected chi connectivity index (χ3v) is 4.67. The van der Waals surface area contributed by atoms with Crippen molar-refractivity contribution < 1.29 is 8.91 Å². The van der Waals surface area contributed by atoms with E-state index in [0.29, 0.717) is 36.2 Å². The fourth-order valence-corrected chi connectivity index (χ4v) is 3.19. The lowest BCUT2D eigenvalue weighted by Crippen LogP contribution is -2.38. The molecule has 0 spiro atoms. The molecule has 0 amide bonds. The predicted octanol–water partition coefficient (Wildman–Crippen LogP) is 2.35. The number of rotatable bonds is 3. The van der Waals surface area contributed by atoms with Gasteiger partial charge in [-0.05, 0) is 25.0 Å². The molecule has 26 heavy (non-hydrogen) atoms. The molecule has 0 unspecified atom stereocenters. The largest absolute Gasteiger partial charge is 0.352 e. The van der Waals surface area contributed by atoms with Gasteiger partial charge in [-0.25, -0.2) is 9.37 Å². The minimum atomic E-state index is -0.334. The van der Waals surface area contributed by atoms with Gasteiger partial charge >= 0.3 is 0 Å². The summed E-state index contributed by atoms with van der Waals surface area (Å²) in [5.74, 6) is 1.20. The van der Waals surface area contributed by atoms with Gasteiger partial charge in [-0.3, -0.25) is 4.79 Å². The highest BCUT2D eigenvalue weighted by atomic mass is 19.1. The molecule has 8 heteroatoms. The lowest BCUT2D eigenvalue weighted by molar-refractivity contribution is 0.329. The Kier molecular flexibility index (Phi) is 4.24. The molecule has 2 aromatic heterocycles. The monoisotopic (exact) mass is 355 g/mol. The molecule has 7 nitrogen and oxygen atoms in total. The normalized spacial score (nSPS) is 15.4. The number of anilines is 1. The summed E-state index contributed by atoms with van der Waals surface area (Å²) in [6.45, 7) is 1.38. The Morgan fingerprint density at radius 2 is 2.08 bits per heavy atom. The molecule has 134 valence electrons. The van der Waals surface area contributed by atoms with Crippen molar-refractivity contribution in [3.8, 4) is 11.4 Å². The molecule has 1 fully saturated rings. The van der Waals surface area contributed by atoms with Gasteiger partial charge in [-0.2, -0.15) is 4.98 Å². The molecule has 0 aliphatic carbocycles. The quantitative estimate of drug-likeness (QED) is 0.718. The maximum absolute atomic E-state index is 13.4. The zero-order chi connectivity index (χ0) is 18.1. The first-order valence-electron chi connectivity index (χ1n) is 8.48. The topological polar surface area (TPSA) is 77.1 Å². The maximum atomic E-state index is 13.4. The molecule has 1 aliphatic heterocycles. The Morgan fingerprint density at radius 1 is 1.27 bits per heavy atom. The SMILES string of the molecule is Cn1ccnc(N2CCC(c3nc(-c4cccc(F)c4)no3)CC2)c1=O. The Hall–Kier alpha value is -3.03. The summed E-state index contributed by atoms with van der Waals surface area (Å²) in [7, 11) is 1.71. The highest BCUT2D eigenvalue weighted by Gasteiger charge is 2.27. The number of benzene rings is 1. The number of aryl methyl sites for hydroxylation is 1. The first-order chi connectivity index (χ1) is 12.6. The second-order valence-corrected chi connectivity index (χ2v) is 6.39. The molecule has 0 bridgehead atoms. The Morgan fingerprint density at radius 3 is 2.85 bits per heavy atom. The summed E-state index contributed by atoms with van der Waals surface area (Å²) < 4.78 is 20.3. The van der Waals surface area contributed by atoms with Crippen LogP contribution in [-0.2, 0) is 7.05 Å². The molecule has 1 aliphatic rings. The number of hydrogen-bond acceptors (Lipinski definition) is 6. The van der Waals surface area contributed by atoms with Crippen molar-refractivity contribution in [3.05, 3.63) is 58.7 Å². The van der Waals surface area contributed by atoms with Crippen LogP contribution in [0.2, 0.25) is 0 Å². The summed E-state index contributed by atoms with van der Waals surface area (Å²) in [4.78, 5) is 22.8. The van der Waals surface area contributed by atoms with Gasteiger partial charge in [0.15, 0.2) is 5.82 Å². The van der Waals surface area contributed by atoms with Gasteiger partial charge in [0, 0.05) is 44.0 Å². The van der Waals surface area contributed by atoms with Gasteiger partial charge in [0.25, 0.3) is 5.56 Å². The van der Waals surface area contributed by atoms with Gasteiger partial charge < -0.3 is 14.0 Å². The van der Waals surface area contributed by atoms with Gasteiger partial charge in [-0.1, -0.05) is 17.3 Å². The van der Waals surface area contributed by atoms with Crippen LogP contribution < -0.4 is 10.5 Å². The molecule has 0 N–H and O–H groups in total. The van der Waals surface area contributed by atoms with Crippen molar-refractivity contribution >= 4 is 5.82 Å². The van der Waals surface area contributed by atoms with E-state index in [0.717, 1.165) is 12.8 Å². The predicted molar refractivity (Wildman–Crippen MR) is 93.4 cm³/mol. The second kappa shape index (κ2) is 6.70. The number of hydrogen-bond donors (Lipinski definition) is 0. The summed E-state index contributed by atoms with van der Waals surface area (Å²) in [6.07, 6.45) is 4.84. The van der Waals surface area contributed by atoms with Crippen LogP contribution in [-0.4, -0.2) is 32.8 Å². The molecule has 0 radical (unpaired) electrons. The summed E-state index contributed by atoms with van der Waals surface area (Å²) >= 11 is 0. The Bertz CT molecular complexity index is 975. The van der Waals surface area contributed by atoms with Crippen molar-refractivity contribution in [3.63, 3.8) is 0 Å². The zero-order valence-electron chi connectivity index (χ0n) is 14.3. The molecular weight excluding hydrogens is 337 g/mol. The highest BCUT2D eigenvalue weighted by molar-refractivity contribution is 5.54. The van der Waals surface area contributed by atoms with Crippen molar-refractivity contribution in [2.45, 2.75) is 18.8 Å². The van der Waals surface area contributed by atoms with E-state index in [2.05, 4.69) is 15.1 Å². The zero-order valence-corrected chi connectivity index (χ0v) is 14.3. The van der Waals surface area contributed by atoms with Crippen LogP contribution in [0.4, 0.5) is 10.2 Å². The fraction of sp³-hybridized carbons (Fsp3) is 0.333. The minimum Gasteiger partial charge on any atom is -0.352 e. The second-order valence-electron chi connectivity index (χ2n) is 6.39. The first kappa shape index (κ1) is 16.4. The van der Waals surface area contributed by atoms with Crippen LogP contribution in [0.15, 0.2) is 46.0 Å². The van der Waals surface area contributed by atoms with Gasteiger partial charge in [0.2, 0.25) is 11.7 Å². The number of piperidine rings is 1. The molecular formula is C18H18FN5O2. The van der Waals surface area contributed by atoms with E-state index in [-0.39, 0.29) is 17.3 Å². The van der Waals surface area contributed by atoms with Crippen LogP contribution in [0.1, 0.15) is 24.7 Å². The molecule has 1 saturated heterocycles. The van der Waals surface area contributed by atoms with Crippen LogP contribution in [0.5, 0.6) is 0 Å². The van der Waals surface area contributed by atoms with Crippen LogP contribution in [0, 0.1) is 5.82 Å². The van der Waals surface area contributed by atoms with E-state index < -0.39 is 0 Å². The smallest absolute Gasteiger partial charge is 0.293 e. The average Bonchev–Trinajstić information content (AvgIpc) is 3.14. The van der Waals surface area contributed by atoms with E-state index in [1.54, 1.807) is 31.6 Å².